The lowest BCUT2D eigenvalue weighted by Crippen LogP contribution is -2.42. The zero-order chi connectivity index (χ0) is 25.5. The Morgan fingerprint density at radius 1 is 1.17 bits per heavy atom. The highest BCUT2D eigenvalue weighted by atomic mass is 16.5. The first-order valence-electron chi connectivity index (χ1n) is 12.3. The highest BCUT2D eigenvalue weighted by Gasteiger charge is 2.30. The maximum absolute atomic E-state index is 13.5. The van der Waals surface area contributed by atoms with Gasteiger partial charge in [-0.15, -0.1) is 0 Å². The largest absolute Gasteiger partial charge is 0.466 e. The zero-order valence-corrected chi connectivity index (χ0v) is 20.7. The second kappa shape index (κ2) is 11.8. The maximum Gasteiger partial charge on any atom is 0.310 e. The molecule has 0 saturated carbocycles. The summed E-state index contributed by atoms with van der Waals surface area (Å²) >= 11 is 0. The van der Waals surface area contributed by atoms with Gasteiger partial charge in [-0.3, -0.25) is 14.4 Å². The van der Waals surface area contributed by atoms with Gasteiger partial charge < -0.3 is 24.3 Å². The molecule has 4 rings (SSSR count). The highest BCUT2D eigenvalue weighted by Crippen LogP contribution is 2.28. The average Bonchev–Trinajstić information content (AvgIpc) is 3.31. The number of anilines is 1. The van der Waals surface area contributed by atoms with Gasteiger partial charge in [0.1, 0.15) is 6.61 Å². The average molecular weight is 493 g/mol. The number of nitrogens with one attached hydrogen (secondary N) is 1. The number of aryl methyl sites for hydroxylation is 2. The van der Waals surface area contributed by atoms with E-state index in [2.05, 4.69) is 22.4 Å². The van der Waals surface area contributed by atoms with E-state index in [9.17, 15) is 14.4 Å². The van der Waals surface area contributed by atoms with Crippen LogP contribution in [-0.4, -0.2) is 65.6 Å². The van der Waals surface area contributed by atoms with Crippen LogP contribution >= 0.6 is 0 Å². The molecule has 1 fully saturated rings. The molecular formula is C27H32N4O5. The van der Waals surface area contributed by atoms with E-state index >= 15 is 0 Å². The van der Waals surface area contributed by atoms with Gasteiger partial charge >= 0.3 is 5.97 Å². The summed E-state index contributed by atoms with van der Waals surface area (Å²) in [5.41, 5.74) is 3.46. The molecule has 1 atom stereocenters. The molecule has 9 heteroatoms. The van der Waals surface area contributed by atoms with Gasteiger partial charge in [0, 0.05) is 32.3 Å². The zero-order valence-electron chi connectivity index (χ0n) is 20.7. The van der Waals surface area contributed by atoms with Crippen molar-refractivity contribution in [1.82, 2.24) is 14.5 Å². The number of carbonyl (C=O) groups excluding carboxylic acids is 3. The minimum absolute atomic E-state index is 0.106. The smallest absolute Gasteiger partial charge is 0.310 e. The predicted molar refractivity (Wildman–Crippen MR) is 136 cm³/mol. The Hall–Kier alpha value is -3.72. The number of rotatable bonds is 9. The summed E-state index contributed by atoms with van der Waals surface area (Å²) in [7, 11) is 1.45. The van der Waals surface area contributed by atoms with Crippen molar-refractivity contribution in [1.29, 1.82) is 0 Å². The molecule has 3 aromatic rings. The quantitative estimate of drug-likeness (QED) is 0.460. The molecule has 190 valence electrons. The van der Waals surface area contributed by atoms with Crippen molar-refractivity contribution < 1.29 is 23.9 Å². The van der Waals surface area contributed by atoms with Crippen LogP contribution in [0.3, 0.4) is 0 Å². The number of aromatic nitrogens is 2. The number of ether oxygens (including phenoxy) is 2. The van der Waals surface area contributed by atoms with Crippen molar-refractivity contribution in [3.05, 3.63) is 59.9 Å². The summed E-state index contributed by atoms with van der Waals surface area (Å²) in [5.74, 6) is -1.12. The summed E-state index contributed by atoms with van der Waals surface area (Å²) in [4.78, 5) is 44.3. The van der Waals surface area contributed by atoms with Crippen LogP contribution in [0.5, 0.6) is 0 Å². The number of imidazole rings is 1. The Morgan fingerprint density at radius 2 is 1.97 bits per heavy atom. The number of benzene rings is 2. The molecule has 2 amide bonds. The minimum Gasteiger partial charge on any atom is -0.466 e. The standard InChI is InChI=1S/C27H32N4O5/c1-3-36-27(34)20-10-7-12-30(16-20)26(33)21-14-22-25(23(15-21)29-24(32)17-35-2)31(18-28-22)13-11-19-8-5-4-6-9-19/h4-6,8-9,14-15,18,20H,3,7,10-13,16-17H2,1-2H3,(H,29,32). The molecule has 9 nitrogen and oxygen atoms in total. The van der Waals surface area contributed by atoms with Crippen molar-refractivity contribution >= 4 is 34.5 Å². The molecule has 1 aliphatic rings. The van der Waals surface area contributed by atoms with E-state index < -0.39 is 0 Å². The Kier molecular flexibility index (Phi) is 8.32. The van der Waals surface area contributed by atoms with Crippen LogP contribution in [0.4, 0.5) is 5.69 Å². The van der Waals surface area contributed by atoms with Crippen LogP contribution in [0.2, 0.25) is 0 Å². The van der Waals surface area contributed by atoms with Gasteiger partial charge in [-0.25, -0.2) is 4.98 Å². The number of likely N-dealkylation sites (tertiary alicyclic amines) is 1. The fraction of sp³-hybridized carbons (Fsp3) is 0.407. The number of piperidine rings is 1. The second-order valence-corrected chi connectivity index (χ2v) is 8.89. The van der Waals surface area contributed by atoms with Crippen LogP contribution in [-0.2, 0) is 32.0 Å². The number of hydrogen-bond donors (Lipinski definition) is 1. The summed E-state index contributed by atoms with van der Waals surface area (Å²) in [6, 6.07) is 13.6. The molecule has 36 heavy (non-hydrogen) atoms. The van der Waals surface area contributed by atoms with Crippen LogP contribution in [0.1, 0.15) is 35.7 Å². The Balaban J connectivity index is 1.62. The molecule has 1 unspecified atom stereocenters. The predicted octanol–water partition coefficient (Wildman–Crippen LogP) is 3.28. The second-order valence-electron chi connectivity index (χ2n) is 8.89. The van der Waals surface area contributed by atoms with Crippen LogP contribution in [0.15, 0.2) is 48.8 Å². The van der Waals surface area contributed by atoms with Crippen LogP contribution < -0.4 is 5.32 Å². The van der Waals surface area contributed by atoms with E-state index in [4.69, 9.17) is 9.47 Å². The SMILES string of the molecule is CCOC(=O)C1CCCN(C(=O)c2cc(NC(=O)COC)c3c(c2)ncn3CCc2ccccc2)C1. The summed E-state index contributed by atoms with van der Waals surface area (Å²) in [6.07, 6.45) is 3.95. The third kappa shape index (κ3) is 5.91. The van der Waals surface area contributed by atoms with E-state index in [-0.39, 0.29) is 30.3 Å². The molecule has 1 aromatic heterocycles. The molecule has 1 aliphatic heterocycles. The summed E-state index contributed by atoms with van der Waals surface area (Å²) in [6.45, 7) is 3.52. The number of carbonyl (C=O) groups is 3. The van der Waals surface area contributed by atoms with Crippen LogP contribution in [0, 0.1) is 5.92 Å². The van der Waals surface area contributed by atoms with Gasteiger partial charge in [0.05, 0.1) is 35.6 Å². The lowest BCUT2D eigenvalue weighted by Gasteiger charge is -2.31. The Morgan fingerprint density at radius 3 is 2.72 bits per heavy atom. The maximum atomic E-state index is 13.5. The van der Waals surface area contributed by atoms with Gasteiger partial charge in [0.15, 0.2) is 0 Å². The first-order valence-corrected chi connectivity index (χ1v) is 12.3. The molecule has 0 radical (unpaired) electrons. The third-order valence-corrected chi connectivity index (χ3v) is 6.32. The molecule has 1 N–H and O–H groups in total. The van der Waals surface area contributed by atoms with Gasteiger partial charge in [0.25, 0.3) is 5.91 Å². The topological polar surface area (TPSA) is 103 Å². The number of hydrogen-bond acceptors (Lipinski definition) is 6. The van der Waals surface area contributed by atoms with Gasteiger partial charge in [0.2, 0.25) is 5.91 Å². The highest BCUT2D eigenvalue weighted by molar-refractivity contribution is 6.05. The third-order valence-electron chi connectivity index (χ3n) is 6.32. The van der Waals surface area contributed by atoms with E-state index in [1.165, 1.54) is 12.7 Å². The van der Waals surface area contributed by atoms with Crippen molar-refractivity contribution in [3.8, 4) is 0 Å². The molecule has 2 aromatic carbocycles. The normalized spacial score (nSPS) is 15.6. The number of esters is 1. The number of methoxy groups -OCH3 is 1. The summed E-state index contributed by atoms with van der Waals surface area (Å²) < 4.78 is 12.1. The molecule has 2 heterocycles. The van der Waals surface area contributed by atoms with Gasteiger partial charge in [-0.05, 0) is 43.9 Å². The lowest BCUT2D eigenvalue weighted by atomic mass is 9.97. The van der Waals surface area contributed by atoms with Gasteiger partial charge in [-0.1, -0.05) is 30.3 Å². The van der Waals surface area contributed by atoms with Crippen molar-refractivity contribution in [2.24, 2.45) is 5.92 Å². The summed E-state index contributed by atoms with van der Waals surface area (Å²) in [5, 5.41) is 2.88. The van der Waals surface area contributed by atoms with E-state index in [1.807, 2.05) is 22.8 Å². The lowest BCUT2D eigenvalue weighted by molar-refractivity contribution is -0.149. The molecule has 1 saturated heterocycles. The van der Waals surface area contributed by atoms with E-state index in [1.54, 1.807) is 30.3 Å². The molecule has 0 aliphatic carbocycles. The van der Waals surface area contributed by atoms with Crippen molar-refractivity contribution in [3.63, 3.8) is 0 Å². The molecule has 0 bridgehead atoms. The monoisotopic (exact) mass is 492 g/mol. The Labute approximate surface area is 210 Å². The van der Waals surface area contributed by atoms with Crippen molar-refractivity contribution in [2.45, 2.75) is 32.7 Å². The first-order chi connectivity index (χ1) is 17.5. The number of fused-ring (bicyclic) bond motifs is 1. The van der Waals surface area contributed by atoms with E-state index in [0.717, 1.165) is 18.4 Å². The van der Waals surface area contributed by atoms with Crippen molar-refractivity contribution in [2.75, 3.05) is 38.7 Å². The van der Waals surface area contributed by atoms with Gasteiger partial charge in [-0.2, -0.15) is 0 Å². The fourth-order valence-electron chi connectivity index (χ4n) is 4.61. The molecule has 0 spiro atoms. The fourth-order valence-corrected chi connectivity index (χ4v) is 4.61. The number of nitrogens with zero attached hydrogens (tertiary/aromatic N) is 3. The first kappa shape index (κ1) is 25.4. The van der Waals surface area contributed by atoms with Crippen LogP contribution in [0.25, 0.3) is 11.0 Å². The molecular weight excluding hydrogens is 460 g/mol. The van der Waals surface area contributed by atoms with E-state index in [0.29, 0.717) is 49.4 Å². The number of amides is 2. The Bertz CT molecular complexity index is 1220. The minimum atomic E-state index is -0.329.